The first-order chi connectivity index (χ1) is 8.71. The molecule has 2 nitrogen and oxygen atoms in total. The standard InChI is InChI=1S/C16H23NO/c1-5-9-15(6-2)17-13(3)12-14-10-7-8-11-16(14)18-4/h1,7-8,10-11,13,15,17H,6,9,12H2,2-4H3. The number of rotatable bonds is 7. The molecule has 0 aliphatic carbocycles. The third kappa shape index (κ3) is 4.43. The van der Waals surface area contributed by atoms with Gasteiger partial charge in [-0.15, -0.1) is 12.3 Å². The summed E-state index contributed by atoms with van der Waals surface area (Å²) in [6.07, 6.45) is 8.16. The van der Waals surface area contributed by atoms with Crippen molar-refractivity contribution in [2.45, 2.75) is 45.2 Å². The highest BCUT2D eigenvalue weighted by molar-refractivity contribution is 5.33. The monoisotopic (exact) mass is 245 g/mol. The van der Waals surface area contributed by atoms with E-state index in [0.717, 1.165) is 25.0 Å². The molecule has 0 amide bonds. The van der Waals surface area contributed by atoms with E-state index in [1.807, 2.05) is 18.2 Å². The zero-order valence-corrected chi connectivity index (χ0v) is 11.6. The largest absolute Gasteiger partial charge is 0.496 e. The fourth-order valence-corrected chi connectivity index (χ4v) is 2.13. The molecule has 0 heterocycles. The minimum Gasteiger partial charge on any atom is -0.496 e. The van der Waals surface area contributed by atoms with Gasteiger partial charge in [-0.05, 0) is 31.4 Å². The van der Waals surface area contributed by atoms with Crippen molar-refractivity contribution in [3.8, 4) is 18.1 Å². The van der Waals surface area contributed by atoms with Crippen molar-refractivity contribution in [1.82, 2.24) is 5.32 Å². The molecule has 0 spiro atoms. The lowest BCUT2D eigenvalue weighted by Gasteiger charge is -2.21. The summed E-state index contributed by atoms with van der Waals surface area (Å²) in [5.41, 5.74) is 1.23. The molecule has 0 radical (unpaired) electrons. The van der Waals surface area contributed by atoms with Crippen LogP contribution in [0.5, 0.6) is 5.75 Å². The molecular weight excluding hydrogens is 222 g/mol. The van der Waals surface area contributed by atoms with Crippen molar-refractivity contribution in [2.75, 3.05) is 7.11 Å². The number of nitrogens with one attached hydrogen (secondary N) is 1. The van der Waals surface area contributed by atoms with Crippen LogP contribution < -0.4 is 10.1 Å². The first-order valence-corrected chi connectivity index (χ1v) is 6.52. The number of benzene rings is 1. The van der Waals surface area contributed by atoms with Crippen molar-refractivity contribution in [1.29, 1.82) is 0 Å². The Hall–Kier alpha value is -1.46. The van der Waals surface area contributed by atoms with Gasteiger partial charge in [0.15, 0.2) is 0 Å². The van der Waals surface area contributed by atoms with Gasteiger partial charge in [-0.2, -0.15) is 0 Å². The van der Waals surface area contributed by atoms with Crippen LogP contribution in [0.25, 0.3) is 0 Å². The van der Waals surface area contributed by atoms with Gasteiger partial charge in [0.25, 0.3) is 0 Å². The summed E-state index contributed by atoms with van der Waals surface area (Å²) in [7, 11) is 1.71. The van der Waals surface area contributed by atoms with Crippen molar-refractivity contribution >= 4 is 0 Å². The van der Waals surface area contributed by atoms with Gasteiger partial charge in [-0.3, -0.25) is 0 Å². The highest BCUT2D eigenvalue weighted by Crippen LogP contribution is 2.19. The van der Waals surface area contributed by atoms with E-state index in [4.69, 9.17) is 11.2 Å². The molecule has 0 aromatic heterocycles. The Morgan fingerprint density at radius 1 is 1.39 bits per heavy atom. The molecule has 0 bridgehead atoms. The van der Waals surface area contributed by atoms with Crippen LogP contribution in [0.2, 0.25) is 0 Å². The van der Waals surface area contributed by atoms with Crippen LogP contribution in [-0.2, 0) is 6.42 Å². The molecule has 1 aromatic carbocycles. The Kier molecular flexibility index (Phi) is 6.32. The third-order valence-electron chi connectivity index (χ3n) is 3.10. The number of hydrogen-bond donors (Lipinski definition) is 1. The molecule has 2 unspecified atom stereocenters. The highest BCUT2D eigenvalue weighted by Gasteiger charge is 2.11. The van der Waals surface area contributed by atoms with Gasteiger partial charge in [0.05, 0.1) is 7.11 Å². The lowest BCUT2D eigenvalue weighted by Crippen LogP contribution is -2.37. The summed E-state index contributed by atoms with van der Waals surface area (Å²) in [6.45, 7) is 4.34. The number of para-hydroxylation sites is 1. The van der Waals surface area contributed by atoms with Crippen LogP contribution in [-0.4, -0.2) is 19.2 Å². The van der Waals surface area contributed by atoms with E-state index in [1.165, 1.54) is 5.56 Å². The fourth-order valence-electron chi connectivity index (χ4n) is 2.13. The summed E-state index contributed by atoms with van der Waals surface area (Å²) in [6, 6.07) is 8.94. The summed E-state index contributed by atoms with van der Waals surface area (Å²) in [5.74, 6) is 3.68. The maximum Gasteiger partial charge on any atom is 0.122 e. The van der Waals surface area contributed by atoms with E-state index in [2.05, 4.69) is 31.2 Å². The van der Waals surface area contributed by atoms with Gasteiger partial charge in [0.2, 0.25) is 0 Å². The van der Waals surface area contributed by atoms with E-state index in [9.17, 15) is 0 Å². The Labute approximate surface area is 111 Å². The molecule has 0 saturated heterocycles. The van der Waals surface area contributed by atoms with Crippen molar-refractivity contribution < 1.29 is 4.74 Å². The van der Waals surface area contributed by atoms with Gasteiger partial charge in [0, 0.05) is 18.5 Å². The van der Waals surface area contributed by atoms with Gasteiger partial charge < -0.3 is 10.1 Å². The molecule has 98 valence electrons. The van der Waals surface area contributed by atoms with E-state index in [1.54, 1.807) is 7.11 Å². The predicted octanol–water partition coefficient (Wildman–Crippen LogP) is 3.02. The lowest BCUT2D eigenvalue weighted by atomic mass is 10.0. The van der Waals surface area contributed by atoms with Crippen LogP contribution in [0.15, 0.2) is 24.3 Å². The maximum absolute atomic E-state index is 5.37. The predicted molar refractivity (Wildman–Crippen MR) is 76.8 cm³/mol. The molecule has 0 aliphatic heterocycles. The Balaban J connectivity index is 2.58. The topological polar surface area (TPSA) is 21.3 Å². The van der Waals surface area contributed by atoms with Crippen LogP contribution >= 0.6 is 0 Å². The summed E-state index contributed by atoms with van der Waals surface area (Å²) in [4.78, 5) is 0. The average molecular weight is 245 g/mol. The third-order valence-corrected chi connectivity index (χ3v) is 3.10. The number of terminal acetylenes is 1. The summed E-state index contributed by atoms with van der Waals surface area (Å²) in [5, 5.41) is 3.57. The SMILES string of the molecule is C#CCC(CC)NC(C)Cc1ccccc1OC. The van der Waals surface area contributed by atoms with Gasteiger partial charge in [0.1, 0.15) is 5.75 Å². The van der Waals surface area contributed by atoms with E-state index in [-0.39, 0.29) is 0 Å². The molecule has 1 aromatic rings. The normalized spacial score (nSPS) is 13.7. The summed E-state index contributed by atoms with van der Waals surface area (Å²) < 4.78 is 5.36. The number of hydrogen-bond acceptors (Lipinski definition) is 2. The smallest absolute Gasteiger partial charge is 0.122 e. The molecule has 2 heteroatoms. The van der Waals surface area contributed by atoms with Crippen LogP contribution in [0.1, 0.15) is 32.3 Å². The molecule has 1 rings (SSSR count). The van der Waals surface area contributed by atoms with Crippen molar-refractivity contribution in [3.63, 3.8) is 0 Å². The van der Waals surface area contributed by atoms with Crippen LogP contribution in [0.4, 0.5) is 0 Å². The zero-order valence-electron chi connectivity index (χ0n) is 11.6. The number of methoxy groups -OCH3 is 1. The molecule has 2 atom stereocenters. The second kappa shape index (κ2) is 7.79. The average Bonchev–Trinajstić information content (AvgIpc) is 2.38. The highest BCUT2D eigenvalue weighted by atomic mass is 16.5. The van der Waals surface area contributed by atoms with Gasteiger partial charge in [-0.25, -0.2) is 0 Å². The van der Waals surface area contributed by atoms with Crippen molar-refractivity contribution in [2.24, 2.45) is 0 Å². The first kappa shape index (κ1) is 14.6. The van der Waals surface area contributed by atoms with Crippen LogP contribution in [0.3, 0.4) is 0 Å². The molecular formula is C16H23NO. The molecule has 1 N–H and O–H groups in total. The van der Waals surface area contributed by atoms with Gasteiger partial charge >= 0.3 is 0 Å². The minimum absolute atomic E-state index is 0.389. The second-order valence-electron chi connectivity index (χ2n) is 4.60. The quantitative estimate of drug-likeness (QED) is 0.746. The second-order valence-corrected chi connectivity index (χ2v) is 4.60. The molecule has 18 heavy (non-hydrogen) atoms. The van der Waals surface area contributed by atoms with E-state index >= 15 is 0 Å². The van der Waals surface area contributed by atoms with Crippen LogP contribution in [0, 0.1) is 12.3 Å². The van der Waals surface area contributed by atoms with E-state index in [0.29, 0.717) is 12.1 Å². The maximum atomic E-state index is 5.37. The molecule has 0 aliphatic rings. The Morgan fingerprint density at radius 2 is 2.11 bits per heavy atom. The minimum atomic E-state index is 0.389. The molecule has 0 saturated carbocycles. The lowest BCUT2D eigenvalue weighted by molar-refractivity contribution is 0.399. The number of ether oxygens (including phenoxy) is 1. The fraction of sp³-hybridized carbons (Fsp3) is 0.500. The van der Waals surface area contributed by atoms with Crippen molar-refractivity contribution in [3.05, 3.63) is 29.8 Å². The molecule has 0 fully saturated rings. The zero-order chi connectivity index (χ0) is 13.4. The van der Waals surface area contributed by atoms with Gasteiger partial charge in [-0.1, -0.05) is 25.1 Å². The Bertz CT molecular complexity index is 394. The first-order valence-electron chi connectivity index (χ1n) is 6.52. The Morgan fingerprint density at radius 3 is 2.72 bits per heavy atom. The van der Waals surface area contributed by atoms with E-state index < -0.39 is 0 Å². The summed E-state index contributed by atoms with van der Waals surface area (Å²) >= 11 is 0.